The van der Waals surface area contributed by atoms with E-state index in [9.17, 15) is 9.59 Å². The summed E-state index contributed by atoms with van der Waals surface area (Å²) in [4.78, 5) is 28.2. The number of amides is 2. The number of carbonyl (C=O) groups is 2. The summed E-state index contributed by atoms with van der Waals surface area (Å²) in [5.74, 6) is 1.36. The van der Waals surface area contributed by atoms with Gasteiger partial charge in [-0.25, -0.2) is 4.68 Å². The van der Waals surface area contributed by atoms with E-state index in [-0.39, 0.29) is 11.8 Å². The molecule has 28 heavy (non-hydrogen) atoms. The Hall–Kier alpha value is -2.83. The standard InChI is InChI=1S/C21H27N5O2/c1-16-15-20-24(12-4-14-26(20)23-16)11-2-5-19(27)22-17-7-9-18(10-8-17)25-13-3-6-21(25)28/h7-10,15H,2-6,11-14H2,1H3,(H,22,27). The molecular formula is C21H27N5O2. The summed E-state index contributed by atoms with van der Waals surface area (Å²) in [7, 11) is 0. The Morgan fingerprint density at radius 1 is 1.14 bits per heavy atom. The fourth-order valence-electron chi connectivity index (χ4n) is 4.00. The van der Waals surface area contributed by atoms with Crippen molar-refractivity contribution in [3.05, 3.63) is 36.0 Å². The fourth-order valence-corrected chi connectivity index (χ4v) is 4.00. The number of nitrogens with one attached hydrogen (secondary N) is 1. The molecule has 2 amide bonds. The molecule has 148 valence electrons. The second-order valence-electron chi connectivity index (χ2n) is 7.56. The van der Waals surface area contributed by atoms with Gasteiger partial charge >= 0.3 is 0 Å². The SMILES string of the molecule is Cc1cc2n(n1)CCCN2CCCC(=O)Nc1ccc(N2CCCC2=O)cc1. The minimum Gasteiger partial charge on any atom is -0.357 e. The number of nitrogens with zero attached hydrogens (tertiary/aromatic N) is 4. The van der Waals surface area contributed by atoms with E-state index in [2.05, 4.69) is 26.1 Å². The van der Waals surface area contributed by atoms with Gasteiger partial charge < -0.3 is 15.1 Å². The van der Waals surface area contributed by atoms with Crippen LogP contribution in [0.2, 0.25) is 0 Å². The second kappa shape index (κ2) is 8.04. The smallest absolute Gasteiger partial charge is 0.227 e. The second-order valence-corrected chi connectivity index (χ2v) is 7.56. The number of aryl methyl sites for hydroxylation is 2. The van der Waals surface area contributed by atoms with Gasteiger partial charge in [0, 0.05) is 56.5 Å². The fraction of sp³-hybridized carbons (Fsp3) is 0.476. The maximum atomic E-state index is 12.3. The van der Waals surface area contributed by atoms with E-state index in [0.717, 1.165) is 68.3 Å². The van der Waals surface area contributed by atoms with Crippen molar-refractivity contribution in [3.8, 4) is 0 Å². The maximum absolute atomic E-state index is 12.3. The molecule has 1 saturated heterocycles. The molecule has 1 aromatic heterocycles. The summed E-state index contributed by atoms with van der Waals surface area (Å²) < 4.78 is 2.06. The van der Waals surface area contributed by atoms with Gasteiger partial charge in [0.1, 0.15) is 5.82 Å². The zero-order valence-electron chi connectivity index (χ0n) is 16.4. The summed E-state index contributed by atoms with van der Waals surface area (Å²) in [6, 6.07) is 9.65. The van der Waals surface area contributed by atoms with E-state index >= 15 is 0 Å². The van der Waals surface area contributed by atoms with E-state index in [4.69, 9.17) is 0 Å². The van der Waals surface area contributed by atoms with Crippen LogP contribution in [0, 0.1) is 6.92 Å². The maximum Gasteiger partial charge on any atom is 0.227 e. The van der Waals surface area contributed by atoms with Crippen molar-refractivity contribution < 1.29 is 9.59 Å². The predicted octanol–water partition coefficient (Wildman–Crippen LogP) is 2.95. The first kappa shape index (κ1) is 18.5. The highest BCUT2D eigenvalue weighted by Crippen LogP contribution is 2.24. The highest BCUT2D eigenvalue weighted by Gasteiger charge is 2.21. The minimum atomic E-state index is 0.0201. The average molecular weight is 381 g/mol. The average Bonchev–Trinajstić information content (AvgIpc) is 3.27. The molecule has 7 heteroatoms. The zero-order chi connectivity index (χ0) is 19.5. The first-order chi connectivity index (χ1) is 13.6. The van der Waals surface area contributed by atoms with Crippen molar-refractivity contribution in [1.29, 1.82) is 0 Å². The van der Waals surface area contributed by atoms with Crippen LogP contribution in [0.4, 0.5) is 17.2 Å². The summed E-state index contributed by atoms with van der Waals surface area (Å²) in [6.07, 6.45) is 3.91. The molecule has 0 bridgehead atoms. The lowest BCUT2D eigenvalue weighted by Gasteiger charge is -2.29. The van der Waals surface area contributed by atoms with Gasteiger partial charge in [-0.3, -0.25) is 9.59 Å². The molecule has 2 aliphatic rings. The largest absolute Gasteiger partial charge is 0.357 e. The van der Waals surface area contributed by atoms with Crippen LogP contribution in [0.5, 0.6) is 0 Å². The van der Waals surface area contributed by atoms with Crippen LogP contribution >= 0.6 is 0 Å². The zero-order valence-corrected chi connectivity index (χ0v) is 16.4. The van der Waals surface area contributed by atoms with Crippen molar-refractivity contribution >= 4 is 29.0 Å². The van der Waals surface area contributed by atoms with E-state index in [0.29, 0.717) is 12.8 Å². The first-order valence-corrected chi connectivity index (χ1v) is 10.1. The molecule has 0 spiro atoms. The molecule has 0 unspecified atom stereocenters. The first-order valence-electron chi connectivity index (χ1n) is 10.1. The molecule has 1 aromatic carbocycles. The molecule has 0 radical (unpaired) electrons. The molecular weight excluding hydrogens is 354 g/mol. The lowest BCUT2D eigenvalue weighted by Crippen LogP contribution is -2.33. The van der Waals surface area contributed by atoms with Crippen molar-refractivity contribution in [2.75, 3.05) is 34.8 Å². The highest BCUT2D eigenvalue weighted by atomic mass is 16.2. The molecule has 3 heterocycles. The van der Waals surface area contributed by atoms with Crippen molar-refractivity contribution in [3.63, 3.8) is 0 Å². The Morgan fingerprint density at radius 3 is 2.71 bits per heavy atom. The van der Waals surface area contributed by atoms with Crippen molar-refractivity contribution in [2.45, 2.75) is 45.6 Å². The Balaban J connectivity index is 1.25. The molecule has 2 aromatic rings. The molecule has 1 fully saturated rings. The van der Waals surface area contributed by atoms with Crippen molar-refractivity contribution in [1.82, 2.24) is 9.78 Å². The van der Waals surface area contributed by atoms with Crippen LogP contribution < -0.4 is 15.1 Å². The Bertz CT molecular complexity index is 858. The van der Waals surface area contributed by atoms with Crippen LogP contribution in [-0.4, -0.2) is 41.2 Å². The third kappa shape index (κ3) is 4.03. The third-order valence-corrected chi connectivity index (χ3v) is 5.37. The van der Waals surface area contributed by atoms with E-state index in [1.807, 2.05) is 31.2 Å². The summed E-state index contributed by atoms with van der Waals surface area (Å²) in [5, 5.41) is 7.47. The van der Waals surface area contributed by atoms with Gasteiger partial charge in [0.05, 0.1) is 5.69 Å². The summed E-state index contributed by atoms with van der Waals surface area (Å²) in [6.45, 7) is 5.64. The summed E-state index contributed by atoms with van der Waals surface area (Å²) >= 11 is 0. The van der Waals surface area contributed by atoms with Crippen LogP contribution in [0.1, 0.15) is 37.8 Å². The topological polar surface area (TPSA) is 70.5 Å². The van der Waals surface area contributed by atoms with Crippen molar-refractivity contribution in [2.24, 2.45) is 0 Å². The molecule has 0 aliphatic carbocycles. The number of benzene rings is 1. The van der Waals surface area contributed by atoms with Gasteiger partial charge in [0.2, 0.25) is 11.8 Å². The molecule has 4 rings (SSSR count). The molecule has 0 atom stereocenters. The number of aromatic nitrogens is 2. The number of carbonyl (C=O) groups excluding carboxylic acids is 2. The van der Waals surface area contributed by atoms with Crippen LogP contribution in [0.15, 0.2) is 30.3 Å². The highest BCUT2D eigenvalue weighted by molar-refractivity contribution is 5.96. The number of hydrogen-bond donors (Lipinski definition) is 1. The van der Waals surface area contributed by atoms with E-state index in [1.54, 1.807) is 4.90 Å². The van der Waals surface area contributed by atoms with Gasteiger partial charge in [-0.2, -0.15) is 5.10 Å². The third-order valence-electron chi connectivity index (χ3n) is 5.37. The molecule has 7 nitrogen and oxygen atoms in total. The molecule has 2 aliphatic heterocycles. The monoisotopic (exact) mass is 381 g/mol. The number of rotatable bonds is 6. The minimum absolute atomic E-state index is 0.0201. The quantitative estimate of drug-likeness (QED) is 0.835. The summed E-state index contributed by atoms with van der Waals surface area (Å²) in [5.41, 5.74) is 2.71. The van der Waals surface area contributed by atoms with Gasteiger partial charge in [-0.05, 0) is 50.5 Å². The van der Waals surface area contributed by atoms with Crippen LogP contribution in [0.3, 0.4) is 0 Å². The molecule has 0 saturated carbocycles. The Labute approximate surface area is 165 Å². The van der Waals surface area contributed by atoms with Crippen LogP contribution in [-0.2, 0) is 16.1 Å². The van der Waals surface area contributed by atoms with Crippen LogP contribution in [0.25, 0.3) is 0 Å². The van der Waals surface area contributed by atoms with E-state index < -0.39 is 0 Å². The van der Waals surface area contributed by atoms with Gasteiger partial charge in [0.15, 0.2) is 0 Å². The normalized spacial score (nSPS) is 16.4. The number of hydrogen-bond acceptors (Lipinski definition) is 4. The number of anilines is 3. The Kier molecular flexibility index (Phi) is 5.32. The van der Waals surface area contributed by atoms with E-state index in [1.165, 1.54) is 0 Å². The number of fused-ring (bicyclic) bond motifs is 1. The molecule has 1 N–H and O–H groups in total. The lowest BCUT2D eigenvalue weighted by molar-refractivity contribution is -0.117. The van der Waals surface area contributed by atoms with Gasteiger partial charge in [-0.15, -0.1) is 0 Å². The van der Waals surface area contributed by atoms with Gasteiger partial charge in [0.25, 0.3) is 0 Å². The Morgan fingerprint density at radius 2 is 1.96 bits per heavy atom. The predicted molar refractivity (Wildman–Crippen MR) is 110 cm³/mol. The lowest BCUT2D eigenvalue weighted by atomic mass is 10.2. The van der Waals surface area contributed by atoms with Gasteiger partial charge in [-0.1, -0.05) is 0 Å².